The normalized spacial score (nSPS) is 22.8. The monoisotopic (exact) mass is 376 g/mol. The van der Waals surface area contributed by atoms with Crippen LogP contribution in [0.15, 0.2) is 34.8 Å². The number of hydrogen-bond donors (Lipinski definition) is 0. The van der Waals surface area contributed by atoms with Gasteiger partial charge in [0.2, 0.25) is 5.91 Å². The molecule has 1 aromatic carbocycles. The van der Waals surface area contributed by atoms with Crippen LogP contribution in [0.5, 0.6) is 0 Å². The summed E-state index contributed by atoms with van der Waals surface area (Å²) in [6.45, 7) is 4.36. The van der Waals surface area contributed by atoms with E-state index in [-0.39, 0.29) is 5.91 Å². The Morgan fingerprint density at radius 2 is 1.78 bits per heavy atom. The lowest BCUT2D eigenvalue weighted by molar-refractivity contribution is -0.129. The van der Waals surface area contributed by atoms with Gasteiger partial charge in [0.25, 0.3) is 0 Å². The molecule has 4 heteroatoms. The van der Waals surface area contributed by atoms with Crippen LogP contribution in [0.25, 0.3) is 6.08 Å². The van der Waals surface area contributed by atoms with E-state index >= 15 is 0 Å². The van der Waals surface area contributed by atoms with E-state index in [1.165, 1.54) is 32.4 Å². The number of rotatable bonds is 4. The lowest BCUT2D eigenvalue weighted by atomic mass is 10.0. The largest absolute Gasteiger partial charge is 0.335 e. The van der Waals surface area contributed by atoms with Gasteiger partial charge in [-0.05, 0) is 69.0 Å². The molecule has 0 bridgehead atoms. The molecule has 2 fully saturated rings. The van der Waals surface area contributed by atoms with Gasteiger partial charge in [0.1, 0.15) is 0 Å². The van der Waals surface area contributed by atoms with Gasteiger partial charge in [-0.3, -0.25) is 4.79 Å². The van der Waals surface area contributed by atoms with E-state index in [9.17, 15) is 4.79 Å². The zero-order chi connectivity index (χ0) is 16.1. The molecule has 2 aliphatic rings. The van der Waals surface area contributed by atoms with Crippen molar-refractivity contribution in [2.45, 2.75) is 38.1 Å². The number of carbonyl (C=O) groups excluding carboxylic acids is 1. The second-order valence-electron chi connectivity index (χ2n) is 6.57. The maximum absolute atomic E-state index is 12.6. The molecule has 1 amide bonds. The van der Waals surface area contributed by atoms with Crippen molar-refractivity contribution in [1.29, 1.82) is 0 Å². The van der Waals surface area contributed by atoms with Gasteiger partial charge >= 0.3 is 0 Å². The van der Waals surface area contributed by atoms with Crippen LogP contribution in [0.3, 0.4) is 0 Å². The van der Waals surface area contributed by atoms with Crippen LogP contribution in [0.2, 0.25) is 0 Å². The quantitative estimate of drug-likeness (QED) is 0.742. The van der Waals surface area contributed by atoms with Gasteiger partial charge < -0.3 is 9.80 Å². The predicted molar refractivity (Wildman–Crippen MR) is 98.2 cm³/mol. The maximum atomic E-state index is 12.6. The van der Waals surface area contributed by atoms with Gasteiger partial charge in [-0.2, -0.15) is 0 Å². The summed E-state index contributed by atoms with van der Waals surface area (Å²) in [4.78, 5) is 17.3. The average molecular weight is 377 g/mol. The topological polar surface area (TPSA) is 23.6 Å². The molecular formula is C19H25BrN2O. The van der Waals surface area contributed by atoms with Crippen LogP contribution >= 0.6 is 15.9 Å². The molecule has 0 saturated carbocycles. The van der Waals surface area contributed by atoms with Gasteiger partial charge in [-0.25, -0.2) is 0 Å². The van der Waals surface area contributed by atoms with E-state index in [4.69, 9.17) is 0 Å². The van der Waals surface area contributed by atoms with Crippen LogP contribution in [0.4, 0.5) is 0 Å². The van der Waals surface area contributed by atoms with Gasteiger partial charge in [-0.1, -0.05) is 28.1 Å². The minimum atomic E-state index is 0.164. The van der Waals surface area contributed by atoms with E-state index in [1.54, 1.807) is 6.08 Å². The minimum Gasteiger partial charge on any atom is -0.335 e. The van der Waals surface area contributed by atoms with Crippen molar-refractivity contribution in [2.75, 3.05) is 26.2 Å². The summed E-state index contributed by atoms with van der Waals surface area (Å²) in [6, 6.07) is 8.43. The van der Waals surface area contributed by atoms with Gasteiger partial charge in [0, 0.05) is 29.7 Å². The van der Waals surface area contributed by atoms with Gasteiger partial charge in [0.05, 0.1) is 0 Å². The summed E-state index contributed by atoms with van der Waals surface area (Å²) in [5.74, 6) is 0.164. The van der Waals surface area contributed by atoms with Crippen LogP contribution in [-0.4, -0.2) is 47.9 Å². The first-order valence-electron chi connectivity index (χ1n) is 8.69. The van der Waals surface area contributed by atoms with Crippen molar-refractivity contribution in [3.63, 3.8) is 0 Å². The summed E-state index contributed by atoms with van der Waals surface area (Å²) >= 11 is 3.43. The highest BCUT2D eigenvalue weighted by Crippen LogP contribution is 2.21. The van der Waals surface area contributed by atoms with Gasteiger partial charge in [-0.15, -0.1) is 0 Å². The highest BCUT2D eigenvalue weighted by molar-refractivity contribution is 9.10. The van der Waals surface area contributed by atoms with E-state index in [2.05, 4.69) is 25.7 Å². The fourth-order valence-electron chi connectivity index (χ4n) is 3.58. The molecule has 0 spiro atoms. The molecule has 1 aromatic rings. The Kier molecular flexibility index (Phi) is 5.90. The summed E-state index contributed by atoms with van der Waals surface area (Å²) < 4.78 is 1.06. The third kappa shape index (κ3) is 4.67. The fourth-order valence-corrected chi connectivity index (χ4v) is 3.85. The number of nitrogens with zero attached hydrogens (tertiary/aromatic N) is 2. The molecule has 1 unspecified atom stereocenters. The molecule has 0 radical (unpaired) electrons. The number of carbonyl (C=O) groups is 1. The van der Waals surface area contributed by atoms with Crippen molar-refractivity contribution in [1.82, 2.24) is 9.80 Å². The van der Waals surface area contributed by atoms with Crippen molar-refractivity contribution in [3.05, 3.63) is 40.4 Å². The van der Waals surface area contributed by atoms with Crippen molar-refractivity contribution in [2.24, 2.45) is 0 Å². The molecule has 0 N–H and O–H groups in total. The lowest BCUT2D eigenvalue weighted by Crippen LogP contribution is -2.48. The Labute approximate surface area is 147 Å². The number of hydrogen-bond acceptors (Lipinski definition) is 2. The molecule has 124 valence electrons. The fraction of sp³-hybridized carbons (Fsp3) is 0.526. The van der Waals surface area contributed by atoms with E-state index in [0.717, 1.165) is 36.0 Å². The number of likely N-dealkylation sites (tertiary alicyclic amines) is 2. The predicted octanol–water partition coefficient (Wildman–Crippen LogP) is 3.94. The van der Waals surface area contributed by atoms with E-state index in [0.29, 0.717) is 6.04 Å². The van der Waals surface area contributed by atoms with Crippen molar-refractivity contribution < 1.29 is 4.79 Å². The lowest BCUT2D eigenvalue weighted by Gasteiger charge is -2.37. The third-order valence-corrected chi connectivity index (χ3v) is 5.39. The number of amides is 1. The Bertz CT molecular complexity index is 549. The molecule has 0 aromatic heterocycles. The standard InChI is InChI=1S/C19H25BrN2O/c20-17-9-6-16(7-10-17)8-11-19(23)22-14-2-1-5-18(22)15-21-12-3-4-13-21/h6-11,18H,1-5,12-15H2. The number of piperidine rings is 1. The SMILES string of the molecule is O=C(C=Cc1ccc(Br)cc1)N1CCCCC1CN1CCCC1. The molecule has 2 saturated heterocycles. The molecule has 2 heterocycles. The highest BCUT2D eigenvalue weighted by atomic mass is 79.9. The smallest absolute Gasteiger partial charge is 0.246 e. The second kappa shape index (κ2) is 8.11. The average Bonchev–Trinajstić information content (AvgIpc) is 3.07. The molecule has 2 aliphatic heterocycles. The Balaban J connectivity index is 1.62. The third-order valence-electron chi connectivity index (χ3n) is 4.87. The highest BCUT2D eigenvalue weighted by Gasteiger charge is 2.27. The van der Waals surface area contributed by atoms with Crippen LogP contribution in [-0.2, 0) is 4.79 Å². The van der Waals surface area contributed by atoms with Crippen LogP contribution in [0.1, 0.15) is 37.7 Å². The summed E-state index contributed by atoms with van der Waals surface area (Å²) in [7, 11) is 0. The molecule has 3 nitrogen and oxygen atoms in total. The van der Waals surface area contributed by atoms with Crippen molar-refractivity contribution in [3.8, 4) is 0 Å². The maximum Gasteiger partial charge on any atom is 0.246 e. The van der Waals surface area contributed by atoms with E-state index in [1.807, 2.05) is 30.3 Å². The van der Waals surface area contributed by atoms with E-state index < -0.39 is 0 Å². The molecular weight excluding hydrogens is 352 g/mol. The first-order valence-corrected chi connectivity index (χ1v) is 9.48. The molecule has 23 heavy (non-hydrogen) atoms. The zero-order valence-electron chi connectivity index (χ0n) is 13.6. The summed E-state index contributed by atoms with van der Waals surface area (Å²) in [6.07, 6.45) is 9.82. The van der Waals surface area contributed by atoms with Crippen molar-refractivity contribution >= 4 is 27.9 Å². The molecule has 0 aliphatic carbocycles. The first-order chi connectivity index (χ1) is 11.2. The van der Waals surface area contributed by atoms with Crippen LogP contribution in [0, 0.1) is 0 Å². The Morgan fingerprint density at radius 1 is 1.09 bits per heavy atom. The molecule has 3 rings (SSSR count). The Morgan fingerprint density at radius 3 is 2.52 bits per heavy atom. The first kappa shape index (κ1) is 16.7. The number of halogens is 1. The minimum absolute atomic E-state index is 0.164. The Hall–Kier alpha value is -1.13. The van der Waals surface area contributed by atoms with Gasteiger partial charge in [0.15, 0.2) is 0 Å². The zero-order valence-corrected chi connectivity index (χ0v) is 15.2. The molecule has 1 atom stereocenters. The summed E-state index contributed by atoms with van der Waals surface area (Å²) in [5.41, 5.74) is 1.06. The van der Waals surface area contributed by atoms with Crippen LogP contribution < -0.4 is 0 Å². The summed E-state index contributed by atoms with van der Waals surface area (Å²) in [5, 5.41) is 0. The second-order valence-corrected chi connectivity index (χ2v) is 7.49. The number of benzene rings is 1.